The van der Waals surface area contributed by atoms with Crippen LogP contribution in [0, 0.1) is 0 Å². The summed E-state index contributed by atoms with van der Waals surface area (Å²) in [7, 11) is 1.88. The number of benzene rings is 1. The van der Waals surface area contributed by atoms with Crippen LogP contribution in [0.1, 0.15) is 18.5 Å². The maximum absolute atomic E-state index is 5.86. The highest BCUT2D eigenvalue weighted by Crippen LogP contribution is 2.25. The number of hydrogen-bond donors (Lipinski definition) is 2. The highest BCUT2D eigenvalue weighted by molar-refractivity contribution is 5.72. The van der Waals surface area contributed by atoms with Crippen molar-refractivity contribution in [3.05, 3.63) is 36.0 Å². The smallest absolute Gasteiger partial charge is 0.0908 e. The van der Waals surface area contributed by atoms with Gasteiger partial charge in [0.2, 0.25) is 0 Å². The number of nitrogens with two attached hydrogens (primary N) is 2. The van der Waals surface area contributed by atoms with Crippen molar-refractivity contribution in [3.8, 4) is 11.3 Å². The second kappa shape index (κ2) is 3.98. The van der Waals surface area contributed by atoms with E-state index in [1.807, 2.05) is 38.2 Å². The molecule has 2 aromatic rings. The van der Waals surface area contributed by atoms with E-state index in [4.69, 9.17) is 11.5 Å². The van der Waals surface area contributed by atoms with E-state index in [0.29, 0.717) is 5.69 Å². The van der Waals surface area contributed by atoms with Gasteiger partial charge in [0.15, 0.2) is 0 Å². The molecule has 0 spiro atoms. The first-order valence-electron chi connectivity index (χ1n) is 5.23. The van der Waals surface area contributed by atoms with E-state index in [2.05, 4.69) is 5.10 Å². The van der Waals surface area contributed by atoms with Crippen molar-refractivity contribution < 1.29 is 0 Å². The van der Waals surface area contributed by atoms with Crippen molar-refractivity contribution in [2.75, 3.05) is 5.73 Å². The van der Waals surface area contributed by atoms with Crippen LogP contribution in [0.4, 0.5) is 5.69 Å². The lowest BCUT2D eigenvalue weighted by Crippen LogP contribution is -2.04. The topological polar surface area (TPSA) is 69.9 Å². The molecule has 4 heteroatoms. The Kier molecular flexibility index (Phi) is 2.66. The van der Waals surface area contributed by atoms with Gasteiger partial charge in [-0.15, -0.1) is 0 Å². The van der Waals surface area contributed by atoms with Gasteiger partial charge in [-0.3, -0.25) is 4.68 Å². The third-order valence-electron chi connectivity index (χ3n) is 2.68. The Morgan fingerprint density at radius 3 is 2.31 bits per heavy atom. The molecule has 1 atom stereocenters. The fraction of sp³-hybridized carbons (Fsp3) is 0.250. The molecule has 1 unspecified atom stereocenters. The van der Waals surface area contributed by atoms with Crippen molar-refractivity contribution in [1.29, 1.82) is 0 Å². The van der Waals surface area contributed by atoms with Crippen molar-refractivity contribution in [2.45, 2.75) is 13.0 Å². The molecule has 0 saturated carbocycles. The Hall–Kier alpha value is -1.81. The Bertz CT molecular complexity index is 463. The molecule has 1 aromatic heterocycles. The largest absolute Gasteiger partial charge is 0.396 e. The van der Waals surface area contributed by atoms with E-state index in [0.717, 1.165) is 16.8 Å². The Morgan fingerprint density at radius 1 is 1.25 bits per heavy atom. The summed E-state index contributed by atoms with van der Waals surface area (Å²) >= 11 is 0. The molecule has 0 aliphatic heterocycles. The van der Waals surface area contributed by atoms with E-state index in [1.165, 1.54) is 0 Å². The molecule has 16 heavy (non-hydrogen) atoms. The summed E-state index contributed by atoms with van der Waals surface area (Å²) in [6.45, 7) is 1.97. The van der Waals surface area contributed by atoms with Gasteiger partial charge in [0.1, 0.15) is 0 Å². The van der Waals surface area contributed by atoms with Crippen LogP contribution in [-0.4, -0.2) is 9.78 Å². The molecule has 0 saturated heterocycles. The van der Waals surface area contributed by atoms with Gasteiger partial charge in [-0.1, -0.05) is 24.3 Å². The SMILES string of the molecule is CC(N)c1ccc(-c2c(N)cnn2C)cc1. The van der Waals surface area contributed by atoms with Crippen LogP contribution < -0.4 is 11.5 Å². The van der Waals surface area contributed by atoms with Gasteiger partial charge < -0.3 is 11.5 Å². The average Bonchev–Trinajstić information content (AvgIpc) is 2.59. The van der Waals surface area contributed by atoms with Crippen molar-refractivity contribution >= 4 is 5.69 Å². The summed E-state index contributed by atoms with van der Waals surface area (Å²) in [4.78, 5) is 0. The van der Waals surface area contributed by atoms with Crippen LogP contribution in [0.2, 0.25) is 0 Å². The molecule has 0 fully saturated rings. The van der Waals surface area contributed by atoms with Gasteiger partial charge in [0, 0.05) is 18.7 Å². The molecule has 1 aromatic carbocycles. The van der Waals surface area contributed by atoms with Crippen LogP contribution in [0.3, 0.4) is 0 Å². The highest BCUT2D eigenvalue weighted by Gasteiger charge is 2.08. The molecule has 0 amide bonds. The zero-order chi connectivity index (χ0) is 11.7. The lowest BCUT2D eigenvalue weighted by molar-refractivity contribution is 0.775. The first kappa shape index (κ1) is 10.7. The van der Waals surface area contributed by atoms with Gasteiger partial charge in [-0.2, -0.15) is 5.10 Å². The fourth-order valence-electron chi connectivity index (χ4n) is 1.75. The fourth-order valence-corrected chi connectivity index (χ4v) is 1.75. The molecule has 0 aliphatic rings. The Balaban J connectivity index is 2.42. The van der Waals surface area contributed by atoms with E-state index in [1.54, 1.807) is 10.9 Å². The molecule has 84 valence electrons. The number of anilines is 1. The summed E-state index contributed by atoms with van der Waals surface area (Å²) in [5.41, 5.74) is 15.5. The summed E-state index contributed by atoms with van der Waals surface area (Å²) < 4.78 is 1.77. The molecular formula is C12H16N4. The minimum Gasteiger partial charge on any atom is -0.396 e. The molecular weight excluding hydrogens is 200 g/mol. The maximum Gasteiger partial charge on any atom is 0.0908 e. The van der Waals surface area contributed by atoms with Crippen molar-refractivity contribution in [2.24, 2.45) is 12.8 Å². The molecule has 4 nitrogen and oxygen atoms in total. The summed E-state index contributed by atoms with van der Waals surface area (Å²) in [5.74, 6) is 0. The van der Waals surface area contributed by atoms with Gasteiger partial charge in [0.05, 0.1) is 17.6 Å². The number of aromatic nitrogens is 2. The second-order valence-electron chi connectivity index (χ2n) is 3.98. The predicted octanol–water partition coefficient (Wildman–Crippen LogP) is 1.69. The Morgan fingerprint density at radius 2 is 1.88 bits per heavy atom. The van der Waals surface area contributed by atoms with Crippen LogP contribution in [0.25, 0.3) is 11.3 Å². The lowest BCUT2D eigenvalue weighted by atomic mass is 10.0. The number of nitrogen functional groups attached to an aromatic ring is 1. The van der Waals surface area contributed by atoms with Gasteiger partial charge >= 0.3 is 0 Å². The van der Waals surface area contributed by atoms with Crippen molar-refractivity contribution in [1.82, 2.24) is 9.78 Å². The summed E-state index contributed by atoms with van der Waals surface area (Å²) in [6.07, 6.45) is 1.66. The third kappa shape index (κ3) is 1.79. The molecule has 1 heterocycles. The quantitative estimate of drug-likeness (QED) is 0.802. The molecule has 0 aliphatic carbocycles. The number of nitrogens with zero attached hydrogens (tertiary/aromatic N) is 2. The van der Waals surface area contributed by atoms with Gasteiger partial charge in [-0.05, 0) is 12.5 Å². The number of aryl methyl sites for hydroxylation is 1. The first-order chi connectivity index (χ1) is 7.59. The zero-order valence-electron chi connectivity index (χ0n) is 9.51. The second-order valence-corrected chi connectivity index (χ2v) is 3.98. The lowest BCUT2D eigenvalue weighted by Gasteiger charge is -2.08. The first-order valence-corrected chi connectivity index (χ1v) is 5.23. The van der Waals surface area contributed by atoms with Gasteiger partial charge in [0.25, 0.3) is 0 Å². The molecule has 0 bridgehead atoms. The standard InChI is InChI=1S/C12H16N4/c1-8(13)9-3-5-10(6-4-9)12-11(14)7-15-16(12)2/h3-8H,13-14H2,1-2H3. The van der Waals surface area contributed by atoms with E-state index in [9.17, 15) is 0 Å². The molecule has 2 rings (SSSR count). The summed E-state index contributed by atoms with van der Waals surface area (Å²) in [6, 6.07) is 8.13. The van der Waals surface area contributed by atoms with Crippen LogP contribution in [0.15, 0.2) is 30.5 Å². The Labute approximate surface area is 94.9 Å². The minimum absolute atomic E-state index is 0.0536. The molecule has 4 N–H and O–H groups in total. The van der Waals surface area contributed by atoms with Crippen LogP contribution >= 0.6 is 0 Å². The molecule has 0 radical (unpaired) electrons. The highest BCUT2D eigenvalue weighted by atomic mass is 15.3. The van der Waals surface area contributed by atoms with Crippen molar-refractivity contribution in [3.63, 3.8) is 0 Å². The normalized spacial score (nSPS) is 12.7. The van der Waals surface area contributed by atoms with Gasteiger partial charge in [-0.25, -0.2) is 0 Å². The minimum atomic E-state index is 0.0536. The van der Waals surface area contributed by atoms with Crippen LogP contribution in [0.5, 0.6) is 0 Å². The predicted molar refractivity (Wildman–Crippen MR) is 65.7 cm³/mol. The maximum atomic E-state index is 5.86. The third-order valence-corrected chi connectivity index (χ3v) is 2.68. The summed E-state index contributed by atoms with van der Waals surface area (Å²) in [5, 5.41) is 4.12. The van der Waals surface area contributed by atoms with E-state index < -0.39 is 0 Å². The zero-order valence-corrected chi connectivity index (χ0v) is 9.51. The average molecular weight is 216 g/mol. The van der Waals surface area contributed by atoms with Crippen LogP contribution in [-0.2, 0) is 7.05 Å². The van der Waals surface area contributed by atoms with E-state index in [-0.39, 0.29) is 6.04 Å². The van der Waals surface area contributed by atoms with E-state index >= 15 is 0 Å². The number of rotatable bonds is 2. The monoisotopic (exact) mass is 216 g/mol. The number of hydrogen-bond acceptors (Lipinski definition) is 3.